The Labute approximate surface area is 62.6 Å². The van der Waals surface area contributed by atoms with Crippen LogP contribution >= 0.6 is 20.7 Å². The minimum atomic E-state index is 1.34. The number of fused-ring (bicyclic) bond motifs is 1. The van der Waals surface area contributed by atoms with E-state index < -0.39 is 0 Å². The highest BCUT2D eigenvalue weighted by atomic mass is 32.9. The van der Waals surface area contributed by atoms with Crippen molar-refractivity contribution < 1.29 is 0 Å². The first-order valence-electron chi connectivity index (χ1n) is 3.35. The van der Waals surface area contributed by atoms with Gasteiger partial charge in [0.25, 0.3) is 10.3 Å². The molecule has 0 unspecified atom stereocenters. The molecule has 0 amide bonds. The Morgan fingerprint density at radius 1 is 1.33 bits per heavy atom. The summed E-state index contributed by atoms with van der Waals surface area (Å²) in [5, 5.41) is 2.32. The molecule has 9 heavy (non-hydrogen) atoms. The van der Waals surface area contributed by atoms with E-state index in [1.54, 1.807) is 10.4 Å². The van der Waals surface area contributed by atoms with E-state index in [-0.39, 0.29) is 0 Å². The van der Waals surface area contributed by atoms with Crippen molar-refractivity contribution in [2.45, 2.75) is 25.7 Å². The lowest BCUT2D eigenvalue weighted by Gasteiger charge is -2.04. The van der Waals surface area contributed by atoms with Crippen LogP contribution in [0.15, 0.2) is 5.38 Å². The minimum Gasteiger partial charge on any atom is -0.0487 e. The summed E-state index contributed by atoms with van der Waals surface area (Å²) in [6.45, 7) is 0. The maximum atomic E-state index is 2.32. The molecule has 0 atom stereocenters. The van der Waals surface area contributed by atoms with Crippen molar-refractivity contribution in [2.75, 3.05) is 0 Å². The van der Waals surface area contributed by atoms with Gasteiger partial charge in [-0.1, -0.05) is 0 Å². The van der Waals surface area contributed by atoms with E-state index in [1.807, 2.05) is 20.7 Å². The van der Waals surface area contributed by atoms with Gasteiger partial charge in [0.2, 0.25) is 5.38 Å². The Kier molecular flexibility index (Phi) is 1.52. The quantitative estimate of drug-likeness (QED) is 0.401. The van der Waals surface area contributed by atoms with Gasteiger partial charge in [-0.05, 0) is 25.7 Å². The van der Waals surface area contributed by atoms with Crippen LogP contribution in [0.3, 0.4) is 0 Å². The zero-order chi connectivity index (χ0) is 6.10. The molecule has 1 heterocycles. The highest BCUT2D eigenvalue weighted by molar-refractivity contribution is 7.68. The van der Waals surface area contributed by atoms with E-state index in [4.69, 9.17) is 0 Å². The smallest absolute Gasteiger partial charge is 0.0487 e. The summed E-state index contributed by atoms with van der Waals surface area (Å²) in [4.78, 5) is 1.66. The molecular formula is C7H9S2+. The molecule has 0 radical (unpaired) electrons. The second-order valence-electron chi connectivity index (χ2n) is 2.45. The second-order valence-corrected chi connectivity index (χ2v) is 4.62. The lowest BCUT2D eigenvalue weighted by atomic mass is 10.0. The third-order valence-electron chi connectivity index (χ3n) is 1.80. The highest BCUT2D eigenvalue weighted by Crippen LogP contribution is 2.28. The molecule has 0 fully saturated rings. The third-order valence-corrected chi connectivity index (χ3v) is 4.12. The van der Waals surface area contributed by atoms with Crippen LogP contribution in [0.4, 0.5) is 0 Å². The van der Waals surface area contributed by atoms with Gasteiger partial charge < -0.3 is 0 Å². The molecule has 0 saturated heterocycles. The van der Waals surface area contributed by atoms with Crippen molar-refractivity contribution in [2.24, 2.45) is 0 Å². The van der Waals surface area contributed by atoms with Crippen LogP contribution < -0.4 is 0 Å². The van der Waals surface area contributed by atoms with E-state index in [1.165, 1.54) is 25.7 Å². The van der Waals surface area contributed by atoms with Crippen molar-refractivity contribution in [1.82, 2.24) is 0 Å². The van der Waals surface area contributed by atoms with Gasteiger partial charge in [0.15, 0.2) is 10.3 Å². The predicted octanol–water partition coefficient (Wildman–Crippen LogP) is 2.97. The molecule has 0 spiro atoms. The fourth-order valence-corrected chi connectivity index (χ4v) is 3.78. The standard InChI is InChI=1S/C7H9S2/c1-2-4-7-6(3-1)5-8-9-7/h5H,1-4H2/q+1. The molecule has 2 heteroatoms. The number of hydrogen-bond donors (Lipinski definition) is 0. The SMILES string of the molecule is c1[s+]sc2c1CCCC2. The number of rotatable bonds is 0. The topological polar surface area (TPSA) is 0 Å². The first kappa shape index (κ1) is 5.81. The van der Waals surface area contributed by atoms with Crippen LogP contribution in [0.5, 0.6) is 0 Å². The number of hydrogen-bond acceptors (Lipinski definition) is 1. The summed E-state index contributed by atoms with van der Waals surface area (Å²) in [7, 11) is 3.86. The largest absolute Gasteiger partial charge is 0.292 e. The van der Waals surface area contributed by atoms with Crippen molar-refractivity contribution in [3.63, 3.8) is 0 Å². The molecule has 0 aromatic carbocycles. The second kappa shape index (κ2) is 2.35. The Balaban J connectivity index is 2.39. The fourth-order valence-electron chi connectivity index (χ4n) is 1.26. The van der Waals surface area contributed by atoms with Crippen LogP contribution in [0, 0.1) is 0 Å². The lowest BCUT2D eigenvalue weighted by Crippen LogP contribution is -1.96. The molecule has 0 nitrogen and oxygen atoms in total. The van der Waals surface area contributed by atoms with Gasteiger partial charge in [-0.3, -0.25) is 0 Å². The Morgan fingerprint density at radius 2 is 2.22 bits per heavy atom. The molecule has 2 rings (SSSR count). The van der Waals surface area contributed by atoms with Gasteiger partial charge in [0.05, 0.1) is 4.88 Å². The minimum absolute atomic E-state index is 1.34. The maximum Gasteiger partial charge on any atom is 0.292 e. The van der Waals surface area contributed by atoms with Crippen molar-refractivity contribution in [3.05, 3.63) is 15.8 Å². The molecule has 1 aromatic rings. The molecule has 48 valence electrons. The molecule has 1 aromatic heterocycles. The van der Waals surface area contributed by atoms with Gasteiger partial charge in [-0.25, -0.2) is 0 Å². The van der Waals surface area contributed by atoms with Gasteiger partial charge in [0.1, 0.15) is 0 Å². The molecule has 1 aliphatic rings. The summed E-state index contributed by atoms with van der Waals surface area (Å²) < 4.78 is 0. The third kappa shape index (κ3) is 1.01. The zero-order valence-electron chi connectivity index (χ0n) is 5.22. The zero-order valence-corrected chi connectivity index (χ0v) is 6.86. The average molecular weight is 157 g/mol. The van der Waals surface area contributed by atoms with Crippen LogP contribution in [0.1, 0.15) is 23.3 Å². The predicted molar refractivity (Wildman–Crippen MR) is 43.2 cm³/mol. The monoisotopic (exact) mass is 157 g/mol. The van der Waals surface area contributed by atoms with Crippen molar-refractivity contribution >= 4 is 20.7 Å². The van der Waals surface area contributed by atoms with Crippen LogP contribution in [0.25, 0.3) is 0 Å². The van der Waals surface area contributed by atoms with E-state index in [0.29, 0.717) is 0 Å². The van der Waals surface area contributed by atoms with Crippen molar-refractivity contribution in [3.8, 4) is 0 Å². The highest BCUT2D eigenvalue weighted by Gasteiger charge is 2.16. The summed E-state index contributed by atoms with van der Waals surface area (Å²) in [6.07, 6.45) is 5.52. The van der Waals surface area contributed by atoms with E-state index >= 15 is 0 Å². The molecule has 0 bridgehead atoms. The normalized spacial score (nSPS) is 17.3. The fraction of sp³-hybridized carbons (Fsp3) is 0.571. The number of aryl methyl sites for hydroxylation is 2. The summed E-state index contributed by atoms with van der Waals surface area (Å²) in [6, 6.07) is 0. The van der Waals surface area contributed by atoms with Crippen LogP contribution in [-0.4, -0.2) is 0 Å². The Morgan fingerprint density at radius 3 is 3.11 bits per heavy atom. The van der Waals surface area contributed by atoms with E-state index in [0.717, 1.165) is 0 Å². The van der Waals surface area contributed by atoms with Crippen LogP contribution in [0.2, 0.25) is 0 Å². The van der Waals surface area contributed by atoms with E-state index in [9.17, 15) is 0 Å². The molecule has 0 N–H and O–H groups in total. The van der Waals surface area contributed by atoms with Gasteiger partial charge in [-0.15, -0.1) is 0 Å². The van der Waals surface area contributed by atoms with Crippen molar-refractivity contribution in [1.29, 1.82) is 0 Å². The first-order valence-corrected chi connectivity index (χ1v) is 5.57. The summed E-state index contributed by atoms with van der Waals surface area (Å²) in [5.74, 6) is 0. The average Bonchev–Trinajstić information content (AvgIpc) is 2.33. The summed E-state index contributed by atoms with van der Waals surface area (Å²) in [5.41, 5.74) is 1.64. The van der Waals surface area contributed by atoms with Gasteiger partial charge >= 0.3 is 0 Å². The molecule has 1 aliphatic carbocycles. The molecule has 0 aliphatic heterocycles. The molecule has 0 saturated carbocycles. The maximum absolute atomic E-state index is 2.32. The Bertz CT molecular complexity index is 182. The van der Waals surface area contributed by atoms with Gasteiger partial charge in [0, 0.05) is 5.56 Å². The lowest BCUT2D eigenvalue weighted by molar-refractivity contribution is 0.697. The van der Waals surface area contributed by atoms with E-state index in [2.05, 4.69) is 5.38 Å². The first-order chi connectivity index (χ1) is 4.47. The summed E-state index contributed by atoms with van der Waals surface area (Å²) >= 11 is 0. The van der Waals surface area contributed by atoms with Crippen LogP contribution in [-0.2, 0) is 12.8 Å². The Hall–Kier alpha value is 0.0500. The molecular weight excluding hydrogens is 148 g/mol. The van der Waals surface area contributed by atoms with Gasteiger partial charge in [-0.2, -0.15) is 0 Å².